The van der Waals surface area contributed by atoms with Gasteiger partial charge in [-0.2, -0.15) is 4.98 Å². The van der Waals surface area contributed by atoms with E-state index in [1.807, 2.05) is 18.9 Å². The summed E-state index contributed by atoms with van der Waals surface area (Å²) in [5.74, 6) is 1.28. The van der Waals surface area contributed by atoms with Crippen LogP contribution in [0.4, 0.5) is 5.95 Å². The van der Waals surface area contributed by atoms with Gasteiger partial charge in [0.15, 0.2) is 0 Å². The second-order valence-corrected chi connectivity index (χ2v) is 3.18. The molecule has 0 aromatic carbocycles. The van der Waals surface area contributed by atoms with Gasteiger partial charge in [-0.3, -0.25) is 0 Å². The molecule has 14 heavy (non-hydrogen) atoms. The van der Waals surface area contributed by atoms with E-state index in [4.69, 9.17) is 9.63 Å². The summed E-state index contributed by atoms with van der Waals surface area (Å²) >= 11 is 0. The number of hydrogen-bond donors (Lipinski definition) is 1. The number of aryl methyl sites for hydroxylation is 1. The van der Waals surface area contributed by atoms with Crippen molar-refractivity contribution in [2.75, 3.05) is 25.1 Å². The highest BCUT2D eigenvalue weighted by Gasteiger charge is 2.08. The van der Waals surface area contributed by atoms with Crippen molar-refractivity contribution < 1.29 is 9.63 Å². The monoisotopic (exact) mass is 199 g/mol. The van der Waals surface area contributed by atoms with Crippen LogP contribution in [0.5, 0.6) is 0 Å². The van der Waals surface area contributed by atoms with Gasteiger partial charge in [-0.05, 0) is 24.9 Å². The van der Waals surface area contributed by atoms with Crippen molar-refractivity contribution in [1.82, 2.24) is 10.1 Å². The van der Waals surface area contributed by atoms with Crippen LogP contribution in [-0.2, 0) is 6.42 Å². The maximum Gasteiger partial charge on any atom is 0.265 e. The third-order valence-corrected chi connectivity index (χ3v) is 2.07. The largest absolute Gasteiger partial charge is 0.396 e. The van der Waals surface area contributed by atoms with E-state index >= 15 is 0 Å². The lowest BCUT2D eigenvalue weighted by molar-refractivity contribution is 0.281. The molecule has 1 N–H and O–H groups in total. The molecular weight excluding hydrogens is 182 g/mol. The molecule has 0 radical (unpaired) electrons. The number of aliphatic hydroxyl groups is 1. The number of rotatable bonds is 6. The van der Waals surface area contributed by atoms with Crippen LogP contribution in [0.2, 0.25) is 0 Å². The zero-order valence-corrected chi connectivity index (χ0v) is 8.73. The van der Waals surface area contributed by atoms with Gasteiger partial charge in [0.1, 0.15) is 0 Å². The first-order valence-corrected chi connectivity index (χ1v) is 4.92. The molecule has 0 saturated carbocycles. The van der Waals surface area contributed by atoms with E-state index in [-0.39, 0.29) is 6.61 Å². The molecule has 0 saturated heterocycles. The predicted octanol–water partition coefficient (Wildman–Crippen LogP) is 0.841. The van der Waals surface area contributed by atoms with Crippen LogP contribution in [0.3, 0.4) is 0 Å². The molecule has 0 aliphatic heterocycles. The summed E-state index contributed by atoms with van der Waals surface area (Å²) in [4.78, 5) is 6.14. The Balaban J connectivity index is 2.42. The number of nitrogens with zero attached hydrogens (tertiary/aromatic N) is 3. The summed E-state index contributed by atoms with van der Waals surface area (Å²) in [5.41, 5.74) is 0. The SMILES string of the molecule is CCN(C)c1noc(CCCCO)n1. The van der Waals surface area contributed by atoms with E-state index in [0.29, 0.717) is 11.8 Å². The maximum atomic E-state index is 8.60. The van der Waals surface area contributed by atoms with Gasteiger partial charge in [-0.15, -0.1) is 0 Å². The lowest BCUT2D eigenvalue weighted by atomic mass is 10.2. The molecule has 0 fully saturated rings. The van der Waals surface area contributed by atoms with Crippen molar-refractivity contribution in [3.8, 4) is 0 Å². The fraction of sp³-hybridized carbons (Fsp3) is 0.778. The van der Waals surface area contributed by atoms with Crippen LogP contribution in [0.1, 0.15) is 25.7 Å². The summed E-state index contributed by atoms with van der Waals surface area (Å²) in [6.45, 7) is 3.10. The zero-order valence-electron chi connectivity index (χ0n) is 8.73. The molecule has 5 nitrogen and oxygen atoms in total. The lowest BCUT2D eigenvalue weighted by Gasteiger charge is -2.08. The summed E-state index contributed by atoms with van der Waals surface area (Å²) < 4.78 is 5.05. The van der Waals surface area contributed by atoms with E-state index in [2.05, 4.69) is 10.1 Å². The predicted molar refractivity (Wildman–Crippen MR) is 53.3 cm³/mol. The molecule has 1 heterocycles. The number of anilines is 1. The molecule has 0 unspecified atom stereocenters. The Labute approximate surface area is 83.7 Å². The molecule has 0 aliphatic carbocycles. The van der Waals surface area contributed by atoms with Crippen molar-refractivity contribution in [3.63, 3.8) is 0 Å². The molecule has 0 spiro atoms. The standard InChI is InChI=1S/C9H17N3O2/c1-3-12(2)9-10-8(14-11-9)6-4-5-7-13/h13H,3-7H2,1-2H3. The summed E-state index contributed by atoms with van der Waals surface area (Å²) in [6, 6.07) is 0. The minimum absolute atomic E-state index is 0.218. The van der Waals surface area contributed by atoms with Crippen molar-refractivity contribution in [1.29, 1.82) is 0 Å². The van der Waals surface area contributed by atoms with Crippen LogP contribution < -0.4 is 4.90 Å². The van der Waals surface area contributed by atoms with Crippen molar-refractivity contribution >= 4 is 5.95 Å². The molecule has 0 atom stereocenters. The first kappa shape index (κ1) is 11.0. The van der Waals surface area contributed by atoms with E-state index < -0.39 is 0 Å². The van der Waals surface area contributed by atoms with Crippen LogP contribution in [0, 0.1) is 0 Å². The number of unbranched alkanes of at least 4 members (excludes halogenated alkanes) is 1. The second-order valence-electron chi connectivity index (χ2n) is 3.18. The Bertz CT molecular complexity index is 262. The minimum Gasteiger partial charge on any atom is -0.396 e. The van der Waals surface area contributed by atoms with E-state index in [1.165, 1.54) is 0 Å². The fourth-order valence-corrected chi connectivity index (χ4v) is 1.03. The third-order valence-electron chi connectivity index (χ3n) is 2.07. The van der Waals surface area contributed by atoms with Crippen molar-refractivity contribution in [2.45, 2.75) is 26.2 Å². The first-order chi connectivity index (χ1) is 6.77. The third kappa shape index (κ3) is 2.99. The quantitative estimate of drug-likeness (QED) is 0.688. The molecule has 0 aliphatic rings. The summed E-state index contributed by atoms with van der Waals surface area (Å²) in [6.07, 6.45) is 2.40. The van der Waals surface area contributed by atoms with E-state index in [1.54, 1.807) is 0 Å². The maximum absolute atomic E-state index is 8.60. The smallest absolute Gasteiger partial charge is 0.265 e. The normalized spacial score (nSPS) is 10.5. The average molecular weight is 199 g/mol. The van der Waals surface area contributed by atoms with E-state index in [9.17, 15) is 0 Å². The van der Waals surface area contributed by atoms with Gasteiger partial charge in [-0.1, -0.05) is 0 Å². The molecule has 80 valence electrons. The first-order valence-electron chi connectivity index (χ1n) is 4.92. The topological polar surface area (TPSA) is 62.4 Å². The number of aromatic nitrogens is 2. The average Bonchev–Trinajstić information content (AvgIpc) is 2.66. The molecule has 1 aromatic rings. The highest BCUT2D eigenvalue weighted by Crippen LogP contribution is 2.08. The van der Waals surface area contributed by atoms with Crippen LogP contribution >= 0.6 is 0 Å². The van der Waals surface area contributed by atoms with Crippen LogP contribution in [0.15, 0.2) is 4.52 Å². The fourth-order valence-electron chi connectivity index (χ4n) is 1.03. The van der Waals surface area contributed by atoms with Gasteiger partial charge in [-0.25, -0.2) is 0 Å². The molecule has 5 heteroatoms. The van der Waals surface area contributed by atoms with E-state index in [0.717, 1.165) is 25.8 Å². The Hall–Kier alpha value is -1.10. The molecule has 0 amide bonds. The van der Waals surface area contributed by atoms with Crippen LogP contribution in [0.25, 0.3) is 0 Å². The molecule has 0 bridgehead atoms. The van der Waals surface area contributed by atoms with Crippen molar-refractivity contribution in [2.24, 2.45) is 0 Å². The van der Waals surface area contributed by atoms with Gasteiger partial charge in [0.05, 0.1) is 0 Å². The zero-order chi connectivity index (χ0) is 10.4. The van der Waals surface area contributed by atoms with Gasteiger partial charge in [0.25, 0.3) is 5.95 Å². The Morgan fingerprint density at radius 3 is 2.86 bits per heavy atom. The number of hydrogen-bond acceptors (Lipinski definition) is 5. The lowest BCUT2D eigenvalue weighted by Crippen LogP contribution is -2.17. The second kappa shape index (κ2) is 5.59. The minimum atomic E-state index is 0.218. The van der Waals surface area contributed by atoms with Gasteiger partial charge in [0, 0.05) is 26.6 Å². The molecule has 1 aromatic heterocycles. The highest BCUT2D eigenvalue weighted by molar-refractivity contribution is 5.24. The number of aliphatic hydroxyl groups excluding tert-OH is 1. The Kier molecular flexibility index (Phi) is 4.39. The molecule has 1 rings (SSSR count). The molecular formula is C9H17N3O2. The van der Waals surface area contributed by atoms with Crippen molar-refractivity contribution in [3.05, 3.63) is 5.89 Å². The van der Waals surface area contributed by atoms with Gasteiger partial charge >= 0.3 is 0 Å². The van der Waals surface area contributed by atoms with Gasteiger partial charge < -0.3 is 14.5 Å². The Morgan fingerprint density at radius 1 is 1.43 bits per heavy atom. The summed E-state index contributed by atoms with van der Waals surface area (Å²) in [7, 11) is 1.92. The summed E-state index contributed by atoms with van der Waals surface area (Å²) in [5, 5.41) is 12.4. The highest BCUT2D eigenvalue weighted by atomic mass is 16.5. The van der Waals surface area contributed by atoms with Crippen LogP contribution in [-0.4, -0.2) is 35.4 Å². The Morgan fingerprint density at radius 2 is 2.21 bits per heavy atom. The van der Waals surface area contributed by atoms with Gasteiger partial charge in [0.2, 0.25) is 5.89 Å².